The first-order valence-electron chi connectivity index (χ1n) is 29.1. The van der Waals surface area contributed by atoms with Gasteiger partial charge >= 0.3 is 25.7 Å². The smallest absolute Gasteiger partial charge is 0.462 e. The second-order valence-electron chi connectivity index (χ2n) is 18.7. The van der Waals surface area contributed by atoms with E-state index in [9.17, 15) is 28.9 Å². The molecule has 0 aromatic rings. The van der Waals surface area contributed by atoms with Gasteiger partial charge in [-0.15, -0.1) is 0 Å². The molecular formula is C64H103O11P. The van der Waals surface area contributed by atoms with Crippen molar-refractivity contribution >= 4 is 25.7 Å². The van der Waals surface area contributed by atoms with Crippen molar-refractivity contribution in [3.05, 3.63) is 134 Å². The number of aliphatic hydroxyl groups is 1. The molecule has 0 bridgehead atoms. The largest absolute Gasteiger partial charge is 0.472 e. The molecule has 430 valence electrons. The van der Waals surface area contributed by atoms with Gasteiger partial charge in [0.05, 0.1) is 19.8 Å². The molecular weight excluding hydrogens is 976 g/mol. The Bertz CT molecular complexity index is 1780. The molecule has 0 spiro atoms. The Morgan fingerprint density at radius 1 is 0.382 bits per heavy atom. The second kappa shape index (κ2) is 56.8. The number of esters is 3. The van der Waals surface area contributed by atoms with Crippen LogP contribution in [0, 0.1) is 0 Å². The SMILES string of the molecule is CC/C=C\C/C=C\C/C=C\C/C=C\C/C=C\C/C=C\CCC(=O)OC(COC(=O)CCCCCCC/C=C\CCCCCC)COP(=O)(O)OCC(CO)OC(=O)CCCCCC/C=C\C/C=C\C/C=C\C/C=C\CC. The number of carbonyl (C=O) groups is 3. The van der Waals surface area contributed by atoms with E-state index in [0.29, 0.717) is 25.7 Å². The fourth-order valence-electron chi connectivity index (χ4n) is 7.19. The van der Waals surface area contributed by atoms with Crippen LogP contribution in [-0.2, 0) is 42.2 Å². The molecule has 0 aliphatic heterocycles. The molecule has 0 saturated carbocycles. The summed E-state index contributed by atoms with van der Waals surface area (Å²) in [5.41, 5.74) is 0. The van der Waals surface area contributed by atoms with Gasteiger partial charge in [0.15, 0.2) is 6.10 Å². The van der Waals surface area contributed by atoms with Gasteiger partial charge in [-0.2, -0.15) is 0 Å². The van der Waals surface area contributed by atoms with Gasteiger partial charge in [0.2, 0.25) is 0 Å². The quantitative estimate of drug-likeness (QED) is 0.0197. The topological polar surface area (TPSA) is 155 Å². The van der Waals surface area contributed by atoms with E-state index in [2.05, 4.69) is 142 Å². The van der Waals surface area contributed by atoms with Crippen molar-refractivity contribution in [1.29, 1.82) is 0 Å². The first-order valence-corrected chi connectivity index (χ1v) is 30.6. The van der Waals surface area contributed by atoms with Gasteiger partial charge in [-0.25, -0.2) is 4.57 Å². The first kappa shape index (κ1) is 71.6. The zero-order valence-corrected chi connectivity index (χ0v) is 48.3. The van der Waals surface area contributed by atoms with Crippen LogP contribution in [0.2, 0.25) is 0 Å². The van der Waals surface area contributed by atoms with Crippen molar-refractivity contribution in [3.63, 3.8) is 0 Å². The number of hydrogen-bond acceptors (Lipinski definition) is 10. The fourth-order valence-corrected chi connectivity index (χ4v) is 7.97. The third kappa shape index (κ3) is 54.4. The number of allylic oxidation sites excluding steroid dienone is 22. The van der Waals surface area contributed by atoms with Gasteiger partial charge in [-0.3, -0.25) is 23.4 Å². The molecule has 0 saturated heterocycles. The van der Waals surface area contributed by atoms with Crippen LogP contribution in [0.4, 0.5) is 0 Å². The van der Waals surface area contributed by atoms with E-state index in [4.69, 9.17) is 23.3 Å². The lowest BCUT2D eigenvalue weighted by molar-refractivity contribution is -0.161. The average Bonchev–Trinajstić information content (AvgIpc) is 3.41. The molecule has 2 N–H and O–H groups in total. The number of phosphoric ester groups is 1. The first-order chi connectivity index (χ1) is 37.2. The molecule has 0 aromatic carbocycles. The lowest BCUT2D eigenvalue weighted by Crippen LogP contribution is -2.30. The minimum atomic E-state index is -4.79. The highest BCUT2D eigenvalue weighted by Crippen LogP contribution is 2.43. The van der Waals surface area contributed by atoms with Crippen LogP contribution in [0.3, 0.4) is 0 Å². The number of phosphoric acid groups is 1. The van der Waals surface area contributed by atoms with Crippen LogP contribution in [0.1, 0.15) is 213 Å². The molecule has 11 nitrogen and oxygen atoms in total. The van der Waals surface area contributed by atoms with E-state index < -0.39 is 57.8 Å². The Morgan fingerprint density at radius 2 is 0.711 bits per heavy atom. The summed E-state index contributed by atoms with van der Waals surface area (Å²) in [7, 11) is -4.79. The van der Waals surface area contributed by atoms with Gasteiger partial charge in [-0.05, 0) is 122 Å². The number of aliphatic hydroxyl groups excluding tert-OH is 1. The van der Waals surface area contributed by atoms with Crippen molar-refractivity contribution in [2.24, 2.45) is 0 Å². The molecule has 3 unspecified atom stereocenters. The molecule has 0 amide bonds. The highest BCUT2D eigenvalue weighted by Gasteiger charge is 2.28. The third-order valence-electron chi connectivity index (χ3n) is 11.6. The minimum Gasteiger partial charge on any atom is -0.462 e. The number of hydrogen-bond donors (Lipinski definition) is 2. The van der Waals surface area contributed by atoms with Crippen LogP contribution in [-0.4, -0.2) is 66.5 Å². The lowest BCUT2D eigenvalue weighted by Gasteiger charge is -2.21. The van der Waals surface area contributed by atoms with Gasteiger partial charge in [0, 0.05) is 19.3 Å². The average molecular weight is 1080 g/mol. The Morgan fingerprint density at radius 3 is 1.14 bits per heavy atom. The zero-order chi connectivity index (χ0) is 55.5. The summed E-state index contributed by atoms with van der Waals surface area (Å²) < 4.78 is 39.4. The Labute approximate surface area is 461 Å². The number of rotatable bonds is 52. The molecule has 12 heteroatoms. The summed E-state index contributed by atoms with van der Waals surface area (Å²) in [4.78, 5) is 48.5. The summed E-state index contributed by atoms with van der Waals surface area (Å²) in [5, 5.41) is 9.82. The van der Waals surface area contributed by atoms with E-state index in [1.54, 1.807) is 0 Å². The summed E-state index contributed by atoms with van der Waals surface area (Å²) in [6.45, 7) is 4.26. The maximum atomic E-state index is 12.9. The zero-order valence-electron chi connectivity index (χ0n) is 47.4. The maximum absolute atomic E-state index is 12.9. The maximum Gasteiger partial charge on any atom is 0.472 e. The highest BCUT2D eigenvalue weighted by atomic mass is 31.2. The Kier molecular flexibility index (Phi) is 53.5. The van der Waals surface area contributed by atoms with Gasteiger partial charge in [0.25, 0.3) is 0 Å². The molecule has 3 atom stereocenters. The second-order valence-corrected chi connectivity index (χ2v) is 20.1. The van der Waals surface area contributed by atoms with Crippen molar-refractivity contribution in [3.8, 4) is 0 Å². The summed E-state index contributed by atoms with van der Waals surface area (Å²) in [6.07, 6.45) is 71.4. The van der Waals surface area contributed by atoms with E-state index in [1.807, 2.05) is 12.2 Å². The third-order valence-corrected chi connectivity index (χ3v) is 12.5. The Balaban J connectivity index is 4.87. The minimum absolute atomic E-state index is 0.0320. The predicted molar refractivity (Wildman–Crippen MR) is 316 cm³/mol. The lowest BCUT2D eigenvalue weighted by atomic mass is 10.1. The van der Waals surface area contributed by atoms with Crippen molar-refractivity contribution in [1.82, 2.24) is 0 Å². The standard InChI is InChI=1S/C64H103O11P/c1-4-7-10-13-16-19-22-25-27-29-30-32-34-37-40-43-46-49-52-55-64(68)75-61(57-71-62(66)53-50-47-44-41-38-35-24-21-18-15-12-9-6-3)59-73-76(69,70)72-58-60(56-65)74-63(67)54-51-48-45-42-39-36-33-31-28-26-23-20-17-14-11-8-5-2/h7-8,10-11,16-17,19-21,24-28,30,32-33,36-37,40,46,49,60-61,65H,4-6,9,12-15,18,22-23,29,31,34-35,38-39,41-45,47-48,50-59H2,1-3H3,(H,69,70)/b10-7-,11-8-,19-16-,20-17-,24-21-,27-25-,28-26-,32-30-,36-33-,40-37-,49-46-. The molecule has 0 aliphatic carbocycles. The summed E-state index contributed by atoms with van der Waals surface area (Å²) in [5.74, 6) is -1.62. The normalized spacial score (nSPS) is 14.3. The predicted octanol–water partition coefficient (Wildman–Crippen LogP) is 17.4. The number of unbranched alkanes of at least 4 members (excludes halogenated alkanes) is 13. The highest BCUT2D eigenvalue weighted by molar-refractivity contribution is 7.47. The van der Waals surface area contributed by atoms with Crippen molar-refractivity contribution in [2.75, 3.05) is 26.4 Å². The molecule has 76 heavy (non-hydrogen) atoms. The Hall–Kier alpha value is -4.38. The van der Waals surface area contributed by atoms with E-state index in [-0.39, 0.29) is 25.9 Å². The van der Waals surface area contributed by atoms with Gasteiger partial charge < -0.3 is 24.2 Å². The van der Waals surface area contributed by atoms with Gasteiger partial charge in [0.1, 0.15) is 12.7 Å². The molecule has 0 rings (SSSR count). The summed E-state index contributed by atoms with van der Waals surface area (Å²) >= 11 is 0. The number of carbonyl (C=O) groups excluding carboxylic acids is 3. The fraction of sp³-hybridized carbons (Fsp3) is 0.609. The van der Waals surface area contributed by atoms with E-state index >= 15 is 0 Å². The molecule has 0 aliphatic rings. The summed E-state index contributed by atoms with van der Waals surface area (Å²) in [6, 6.07) is 0. The van der Waals surface area contributed by atoms with Gasteiger partial charge in [-0.1, -0.05) is 206 Å². The van der Waals surface area contributed by atoms with Crippen LogP contribution in [0.5, 0.6) is 0 Å². The number of ether oxygens (including phenoxy) is 3. The van der Waals surface area contributed by atoms with E-state index in [1.165, 1.54) is 25.7 Å². The van der Waals surface area contributed by atoms with Crippen molar-refractivity contribution in [2.45, 2.75) is 226 Å². The van der Waals surface area contributed by atoms with Crippen LogP contribution >= 0.6 is 7.82 Å². The van der Waals surface area contributed by atoms with Crippen LogP contribution in [0.15, 0.2) is 134 Å². The van der Waals surface area contributed by atoms with Crippen molar-refractivity contribution < 1.29 is 52.2 Å². The molecule has 0 aromatic heterocycles. The van der Waals surface area contributed by atoms with Crippen LogP contribution < -0.4 is 0 Å². The molecule has 0 fully saturated rings. The molecule has 0 heterocycles. The molecule has 0 radical (unpaired) electrons. The van der Waals surface area contributed by atoms with Crippen LogP contribution in [0.25, 0.3) is 0 Å². The van der Waals surface area contributed by atoms with E-state index in [0.717, 1.165) is 122 Å². The monoisotopic (exact) mass is 1080 g/mol.